The van der Waals surface area contributed by atoms with Crippen molar-refractivity contribution in [1.82, 2.24) is 17.1 Å². The molecule has 4 nitrogen and oxygen atoms in total. The van der Waals surface area contributed by atoms with Gasteiger partial charge in [-0.3, -0.25) is 9.35 Å². The predicted molar refractivity (Wildman–Crippen MR) is 76.0 cm³/mol. The van der Waals surface area contributed by atoms with Crippen LogP contribution >= 0.6 is 0 Å². The molecular weight excluding hydrogens is 249 g/mol. The van der Waals surface area contributed by atoms with Gasteiger partial charge in [0.2, 0.25) is 0 Å². The van der Waals surface area contributed by atoms with E-state index in [-0.39, 0.29) is 19.7 Å². The molecule has 0 aliphatic heterocycles. The third-order valence-corrected chi connectivity index (χ3v) is 8.97. The third-order valence-electron chi connectivity index (χ3n) is 1.46. The van der Waals surface area contributed by atoms with Gasteiger partial charge in [-0.2, -0.15) is 0 Å². The van der Waals surface area contributed by atoms with Crippen LogP contribution in [0, 0.1) is 0 Å². The molecule has 0 spiro atoms. The molecule has 0 saturated carbocycles. The summed E-state index contributed by atoms with van der Waals surface area (Å²) in [5.74, 6) is 0. The first-order chi connectivity index (χ1) is 5.43. The first-order valence-electron chi connectivity index (χ1n) is 4.15. The number of hydrogen-bond donors (Lipinski definition) is 0. The molecule has 0 fully saturated rings. The second-order valence-corrected chi connectivity index (χ2v) is 24.0. The van der Waals surface area contributed by atoms with Gasteiger partial charge in [-0.15, -0.1) is 0 Å². The summed E-state index contributed by atoms with van der Waals surface area (Å²) in [7, 11) is 9.40. The van der Waals surface area contributed by atoms with Crippen molar-refractivity contribution in [3.05, 3.63) is 0 Å². The molecule has 0 aliphatic carbocycles. The minimum Gasteiger partial charge on any atom is -0.375 e. The number of nitrogens with zero attached hydrogens (tertiary/aromatic N) is 4. The highest BCUT2D eigenvalue weighted by molar-refractivity contribution is 6.61. The summed E-state index contributed by atoms with van der Waals surface area (Å²) in [4.78, 5) is 0. The van der Waals surface area contributed by atoms with E-state index in [1.807, 2.05) is 0 Å². The molecule has 0 aromatic heterocycles. The zero-order valence-electron chi connectivity index (χ0n) is 9.20. The van der Waals surface area contributed by atoms with Crippen LogP contribution in [0.5, 0.6) is 0 Å². The van der Waals surface area contributed by atoms with Gasteiger partial charge in [0.05, 0.1) is 41.6 Å². The van der Waals surface area contributed by atoms with Gasteiger partial charge in [0, 0.05) is 14.1 Å². The molecular formula is C2H22N4Si6. The van der Waals surface area contributed by atoms with Gasteiger partial charge in [0.1, 0.15) is 0 Å². The van der Waals surface area contributed by atoms with Crippen LogP contribution in [0.1, 0.15) is 0 Å². The van der Waals surface area contributed by atoms with Crippen molar-refractivity contribution in [2.75, 3.05) is 14.1 Å². The van der Waals surface area contributed by atoms with Crippen molar-refractivity contribution in [3.63, 3.8) is 0 Å². The Labute approximate surface area is 92.6 Å². The van der Waals surface area contributed by atoms with Gasteiger partial charge in [-0.05, 0) is 0 Å². The van der Waals surface area contributed by atoms with E-state index >= 15 is 0 Å². The zero-order chi connectivity index (χ0) is 9.72. The smallest absolute Gasteiger partial charge is 0.167 e. The lowest BCUT2D eigenvalue weighted by atomic mass is 11.2. The Hall–Kier alpha value is 1.14. The van der Waals surface area contributed by atoms with Gasteiger partial charge in [0.15, 0.2) is 19.7 Å². The molecule has 0 saturated heterocycles. The Kier molecular flexibility index (Phi) is 7.20. The fraction of sp³-hybridized carbons (Fsp3) is 1.00. The molecule has 0 aromatic rings. The Morgan fingerprint density at radius 3 is 1.33 bits per heavy atom. The van der Waals surface area contributed by atoms with Crippen molar-refractivity contribution < 1.29 is 0 Å². The van der Waals surface area contributed by atoms with Crippen LogP contribution in [0.15, 0.2) is 0 Å². The molecule has 0 atom stereocenters. The number of hydrogen-bond acceptors (Lipinski definition) is 4. The summed E-state index contributed by atoms with van der Waals surface area (Å²) in [6, 6.07) is 0. The van der Waals surface area contributed by atoms with Crippen molar-refractivity contribution in [3.8, 4) is 0 Å². The largest absolute Gasteiger partial charge is 0.375 e. The molecule has 0 aliphatic rings. The zero-order valence-corrected chi connectivity index (χ0v) is 20.0. The summed E-state index contributed by atoms with van der Waals surface area (Å²) in [6.45, 7) is 0. The number of hydrazine groups is 1. The molecule has 0 heterocycles. The lowest BCUT2D eigenvalue weighted by Crippen LogP contribution is -2.53. The van der Waals surface area contributed by atoms with E-state index in [0.717, 1.165) is 0 Å². The van der Waals surface area contributed by atoms with Crippen LogP contribution < -0.4 is 0 Å². The van der Waals surface area contributed by atoms with Gasteiger partial charge >= 0.3 is 0 Å². The second kappa shape index (κ2) is 6.57. The standard InChI is InChI=1S/C2H22N4Si6/c1-3(2)4(11-5(7)8)12-6(9)10/h11-12H2,1-2,7-10H3. The van der Waals surface area contributed by atoms with E-state index in [0.29, 0.717) is 0 Å². The van der Waals surface area contributed by atoms with E-state index in [1.165, 1.54) is 41.6 Å². The Morgan fingerprint density at radius 2 is 1.17 bits per heavy atom. The molecule has 10 heteroatoms. The summed E-state index contributed by atoms with van der Waals surface area (Å²) in [5.41, 5.74) is 0. The van der Waals surface area contributed by atoms with E-state index in [9.17, 15) is 0 Å². The SMILES string of the molecule is CN(C)N([SiH2]N([SiH3])[SiH3])[SiH2]N([SiH3])[SiH3]. The maximum atomic E-state index is 2.67. The van der Waals surface area contributed by atoms with Gasteiger partial charge < -0.3 is 7.79 Å². The molecule has 74 valence electrons. The van der Waals surface area contributed by atoms with Crippen LogP contribution in [0.2, 0.25) is 0 Å². The van der Waals surface area contributed by atoms with Crippen LogP contribution in [0.4, 0.5) is 0 Å². The van der Waals surface area contributed by atoms with E-state index in [4.69, 9.17) is 0 Å². The summed E-state index contributed by atoms with van der Waals surface area (Å²) < 4.78 is 7.94. The maximum Gasteiger partial charge on any atom is 0.167 e. The molecule has 0 bridgehead atoms. The Bertz CT molecular complexity index is 108. The minimum atomic E-state index is -0.0496. The first kappa shape index (κ1) is 13.1. The Balaban J connectivity index is 3.87. The average molecular weight is 271 g/mol. The second-order valence-electron chi connectivity index (χ2n) is 3.80. The van der Waals surface area contributed by atoms with E-state index < -0.39 is 0 Å². The van der Waals surface area contributed by atoms with E-state index in [2.05, 4.69) is 31.2 Å². The third kappa shape index (κ3) is 6.64. The lowest BCUT2D eigenvalue weighted by Gasteiger charge is -2.33. The Morgan fingerprint density at radius 1 is 0.833 bits per heavy atom. The molecule has 0 radical (unpaired) electrons. The molecule has 0 rings (SSSR count). The maximum absolute atomic E-state index is 2.67. The van der Waals surface area contributed by atoms with Gasteiger partial charge in [-0.1, -0.05) is 0 Å². The van der Waals surface area contributed by atoms with Crippen molar-refractivity contribution >= 4 is 61.3 Å². The highest BCUT2D eigenvalue weighted by atomic mass is 28.4. The molecule has 0 aromatic carbocycles. The van der Waals surface area contributed by atoms with Crippen molar-refractivity contribution in [2.24, 2.45) is 0 Å². The van der Waals surface area contributed by atoms with Crippen LogP contribution in [0.3, 0.4) is 0 Å². The van der Waals surface area contributed by atoms with Gasteiger partial charge in [0.25, 0.3) is 0 Å². The topological polar surface area (TPSA) is 13.0 Å². The predicted octanol–water partition coefficient (Wildman–Crippen LogP) is -7.51. The average Bonchev–Trinajstić information content (AvgIpc) is 1.83. The molecule has 0 N–H and O–H groups in total. The highest BCUT2D eigenvalue weighted by Crippen LogP contribution is 1.87. The first-order valence-corrected chi connectivity index (χ1v) is 10.3. The van der Waals surface area contributed by atoms with Gasteiger partial charge in [-0.25, -0.2) is 0 Å². The summed E-state index contributed by atoms with van der Waals surface area (Å²) >= 11 is 0. The quantitative estimate of drug-likeness (QED) is 0.364. The highest BCUT2D eigenvalue weighted by Gasteiger charge is 2.09. The van der Waals surface area contributed by atoms with Crippen LogP contribution in [0.25, 0.3) is 0 Å². The lowest BCUT2D eigenvalue weighted by molar-refractivity contribution is 0.218. The van der Waals surface area contributed by atoms with Crippen molar-refractivity contribution in [1.29, 1.82) is 0 Å². The fourth-order valence-corrected chi connectivity index (χ4v) is 14.2. The summed E-state index contributed by atoms with van der Waals surface area (Å²) in [5, 5.41) is 2.32. The normalized spacial score (nSPS) is 15.5. The fourth-order valence-electron chi connectivity index (χ4n) is 0.951. The number of rotatable bonds is 5. The minimum absolute atomic E-state index is 0.0496. The van der Waals surface area contributed by atoms with Crippen LogP contribution in [-0.2, 0) is 0 Å². The molecule has 0 unspecified atom stereocenters. The monoisotopic (exact) mass is 270 g/mol. The van der Waals surface area contributed by atoms with Crippen LogP contribution in [-0.4, -0.2) is 92.5 Å². The summed E-state index contributed by atoms with van der Waals surface area (Å²) in [6.07, 6.45) is 0. The molecule has 0 amide bonds. The van der Waals surface area contributed by atoms with E-state index in [1.54, 1.807) is 0 Å². The van der Waals surface area contributed by atoms with Crippen molar-refractivity contribution in [2.45, 2.75) is 0 Å². The molecule has 12 heavy (non-hydrogen) atoms.